The molecule has 2 fully saturated rings. The minimum absolute atomic E-state index is 0.0908. The van der Waals surface area contributed by atoms with Crippen LogP contribution in [0.5, 0.6) is 0 Å². The molecule has 4 aliphatic carbocycles. The predicted octanol–water partition coefficient (Wildman–Crippen LogP) is 6.92. The Balaban J connectivity index is 1.43. The summed E-state index contributed by atoms with van der Waals surface area (Å²) in [7, 11) is 0. The van der Waals surface area contributed by atoms with E-state index in [9.17, 15) is 4.79 Å². The van der Waals surface area contributed by atoms with Gasteiger partial charge in [0.15, 0.2) is 5.78 Å². The van der Waals surface area contributed by atoms with Crippen LogP contribution in [0.2, 0.25) is 0 Å². The van der Waals surface area contributed by atoms with Crippen LogP contribution in [-0.4, -0.2) is 10.8 Å². The zero-order valence-electron chi connectivity index (χ0n) is 19.1. The Hall–Kier alpha value is -2.74. The fourth-order valence-electron chi connectivity index (χ4n) is 7.58. The van der Waals surface area contributed by atoms with Crippen molar-refractivity contribution in [3.63, 3.8) is 0 Å². The highest BCUT2D eigenvalue weighted by Crippen LogP contribution is 2.67. The van der Waals surface area contributed by atoms with Crippen molar-refractivity contribution < 1.29 is 4.79 Å². The molecule has 0 spiro atoms. The van der Waals surface area contributed by atoms with Crippen LogP contribution in [0.1, 0.15) is 63.0 Å². The van der Waals surface area contributed by atoms with Crippen LogP contribution in [0.4, 0.5) is 0 Å². The van der Waals surface area contributed by atoms with Crippen molar-refractivity contribution in [3.05, 3.63) is 95.4 Å². The van der Waals surface area contributed by atoms with Crippen LogP contribution in [0.25, 0.3) is 5.57 Å². The van der Waals surface area contributed by atoms with E-state index >= 15 is 0 Å². The summed E-state index contributed by atoms with van der Waals surface area (Å²) in [4.78, 5) is 16.9. The first-order valence-corrected chi connectivity index (χ1v) is 12.1. The SMILES string of the molecule is C[C@]12CCC3[C@@H](CC(c4ccccc4)C4=CC(=O)CC[C@@]43C)C1=CC=C2c1cccnc1. The molecule has 0 amide bonds. The Kier molecular flexibility index (Phi) is 4.44. The van der Waals surface area contributed by atoms with Crippen molar-refractivity contribution in [2.45, 2.75) is 51.9 Å². The second kappa shape index (κ2) is 7.13. The molecule has 0 bridgehead atoms. The lowest BCUT2D eigenvalue weighted by Crippen LogP contribution is -2.49. The molecule has 1 aromatic carbocycles. The van der Waals surface area contributed by atoms with E-state index in [0.29, 0.717) is 30.0 Å². The van der Waals surface area contributed by atoms with Gasteiger partial charge in [-0.05, 0) is 71.8 Å². The van der Waals surface area contributed by atoms with Crippen molar-refractivity contribution >= 4 is 11.4 Å². The Bertz CT molecular complexity index is 1160. The molecule has 0 N–H and O–H groups in total. The summed E-state index contributed by atoms with van der Waals surface area (Å²) in [5.41, 5.74) is 7.27. The van der Waals surface area contributed by atoms with Crippen LogP contribution in [0.3, 0.4) is 0 Å². The third kappa shape index (κ3) is 2.78. The van der Waals surface area contributed by atoms with Gasteiger partial charge in [-0.3, -0.25) is 9.78 Å². The molecule has 2 saturated carbocycles. The molecular formula is C30H31NO. The highest BCUT2D eigenvalue weighted by atomic mass is 16.1. The van der Waals surface area contributed by atoms with Gasteiger partial charge in [0.25, 0.3) is 0 Å². The second-order valence-electron chi connectivity index (χ2n) is 10.7. The summed E-state index contributed by atoms with van der Waals surface area (Å²) >= 11 is 0. The number of nitrogens with zero attached hydrogens (tertiary/aromatic N) is 1. The van der Waals surface area contributed by atoms with Crippen LogP contribution >= 0.6 is 0 Å². The lowest BCUT2D eigenvalue weighted by molar-refractivity contribution is -0.116. The molecule has 162 valence electrons. The van der Waals surface area contributed by atoms with E-state index in [2.05, 4.69) is 67.4 Å². The van der Waals surface area contributed by atoms with Crippen molar-refractivity contribution in [2.24, 2.45) is 22.7 Å². The van der Waals surface area contributed by atoms with Crippen LogP contribution < -0.4 is 0 Å². The molecule has 5 atom stereocenters. The summed E-state index contributed by atoms with van der Waals surface area (Å²) < 4.78 is 0. The highest BCUT2D eigenvalue weighted by molar-refractivity contribution is 5.92. The van der Waals surface area contributed by atoms with Crippen molar-refractivity contribution in [3.8, 4) is 0 Å². The number of hydrogen-bond acceptors (Lipinski definition) is 2. The lowest BCUT2D eigenvalue weighted by atomic mass is 9.46. The third-order valence-electron chi connectivity index (χ3n) is 9.23. The fraction of sp³-hybridized carbons (Fsp3) is 0.400. The summed E-state index contributed by atoms with van der Waals surface area (Å²) in [5, 5.41) is 0. The second-order valence-corrected chi connectivity index (χ2v) is 10.7. The molecule has 2 unspecified atom stereocenters. The van der Waals surface area contributed by atoms with Gasteiger partial charge in [0, 0.05) is 30.1 Å². The van der Waals surface area contributed by atoms with Gasteiger partial charge in [-0.1, -0.05) is 73.5 Å². The maximum atomic E-state index is 12.5. The maximum Gasteiger partial charge on any atom is 0.155 e. The number of rotatable bonds is 2. The number of aromatic nitrogens is 1. The van der Waals surface area contributed by atoms with E-state index in [1.165, 1.54) is 35.1 Å². The molecule has 1 heterocycles. The monoisotopic (exact) mass is 421 g/mol. The number of carbonyl (C=O) groups is 1. The largest absolute Gasteiger partial charge is 0.295 e. The molecule has 2 heteroatoms. The molecule has 0 aliphatic heterocycles. The van der Waals surface area contributed by atoms with Gasteiger partial charge in [0.05, 0.1) is 0 Å². The minimum Gasteiger partial charge on any atom is -0.295 e. The zero-order valence-corrected chi connectivity index (χ0v) is 19.1. The van der Waals surface area contributed by atoms with Crippen LogP contribution in [-0.2, 0) is 4.79 Å². The third-order valence-corrected chi connectivity index (χ3v) is 9.23. The van der Waals surface area contributed by atoms with E-state index < -0.39 is 0 Å². The Morgan fingerprint density at radius 3 is 2.59 bits per heavy atom. The lowest BCUT2D eigenvalue weighted by Gasteiger charge is -2.58. The average molecular weight is 422 g/mol. The van der Waals surface area contributed by atoms with Crippen LogP contribution in [0, 0.1) is 22.7 Å². The first kappa shape index (κ1) is 19.9. The smallest absolute Gasteiger partial charge is 0.155 e. The number of allylic oxidation sites excluding steroid dienone is 6. The summed E-state index contributed by atoms with van der Waals surface area (Å²) in [6.45, 7) is 4.92. The predicted molar refractivity (Wildman–Crippen MR) is 129 cm³/mol. The van der Waals surface area contributed by atoms with E-state index in [0.717, 1.165) is 12.8 Å². The van der Waals surface area contributed by atoms with E-state index in [1.54, 1.807) is 5.57 Å². The molecule has 2 nitrogen and oxygen atoms in total. The van der Waals surface area contributed by atoms with E-state index in [-0.39, 0.29) is 10.8 Å². The van der Waals surface area contributed by atoms with Gasteiger partial charge in [-0.15, -0.1) is 0 Å². The van der Waals surface area contributed by atoms with Crippen molar-refractivity contribution in [2.75, 3.05) is 0 Å². The Morgan fingerprint density at radius 2 is 1.81 bits per heavy atom. The van der Waals surface area contributed by atoms with Gasteiger partial charge in [0.2, 0.25) is 0 Å². The number of hydrogen-bond donors (Lipinski definition) is 0. The standard InChI is InChI=1S/C30H31NO/c1-29-15-13-27-24(26(29)11-10-25(29)21-9-6-16-31-19-21)18-23(20-7-4-3-5-8-20)28-17-22(32)12-14-30(27,28)2/h3-11,16-17,19,23-24,27H,12-15,18H2,1-2H3/t23?,24-,27?,29+,30+/m0/s1. The Labute approximate surface area is 191 Å². The molecule has 6 rings (SSSR count). The van der Waals surface area contributed by atoms with E-state index in [4.69, 9.17) is 0 Å². The quantitative estimate of drug-likeness (QED) is 0.527. The Morgan fingerprint density at radius 1 is 0.969 bits per heavy atom. The average Bonchev–Trinajstić information content (AvgIpc) is 3.18. The molecule has 32 heavy (non-hydrogen) atoms. The number of pyridine rings is 1. The van der Waals surface area contributed by atoms with Gasteiger partial charge in [-0.2, -0.15) is 0 Å². The van der Waals surface area contributed by atoms with Crippen LogP contribution in [0.15, 0.2) is 84.2 Å². The van der Waals surface area contributed by atoms with Gasteiger partial charge in [0.1, 0.15) is 0 Å². The summed E-state index contributed by atoms with van der Waals surface area (Å²) in [6, 6.07) is 15.2. The molecule has 2 aromatic rings. The molecular weight excluding hydrogens is 390 g/mol. The van der Waals surface area contributed by atoms with Crippen molar-refractivity contribution in [1.82, 2.24) is 4.98 Å². The first-order chi connectivity index (χ1) is 15.5. The molecule has 0 saturated heterocycles. The maximum absolute atomic E-state index is 12.5. The van der Waals surface area contributed by atoms with Gasteiger partial charge < -0.3 is 0 Å². The molecule has 1 aromatic heterocycles. The number of benzene rings is 1. The minimum atomic E-state index is 0.0908. The highest BCUT2D eigenvalue weighted by Gasteiger charge is 2.56. The normalized spacial score (nSPS) is 35.8. The number of carbonyl (C=O) groups excluding carboxylic acids is 1. The van der Waals surface area contributed by atoms with Gasteiger partial charge >= 0.3 is 0 Å². The van der Waals surface area contributed by atoms with Gasteiger partial charge in [-0.25, -0.2) is 0 Å². The summed E-state index contributed by atoms with van der Waals surface area (Å²) in [6.07, 6.45) is 15.9. The molecule has 4 aliphatic rings. The first-order valence-electron chi connectivity index (χ1n) is 12.1. The number of fused-ring (bicyclic) bond motifs is 5. The zero-order chi connectivity index (χ0) is 21.9. The fourth-order valence-corrected chi connectivity index (χ4v) is 7.58. The molecule has 0 radical (unpaired) electrons. The summed E-state index contributed by atoms with van der Waals surface area (Å²) in [5.74, 6) is 1.82. The topological polar surface area (TPSA) is 30.0 Å². The van der Waals surface area contributed by atoms with E-state index in [1.807, 2.05) is 24.5 Å². The van der Waals surface area contributed by atoms with Crippen molar-refractivity contribution in [1.29, 1.82) is 0 Å². The number of ketones is 1.